The van der Waals surface area contributed by atoms with Crippen LogP contribution in [0, 0.1) is 5.92 Å². The normalized spacial score (nSPS) is 14.1. The molecule has 0 saturated heterocycles. The third-order valence-electron chi connectivity index (χ3n) is 4.60. The SMILES string of the molecule is CCCCC(CC)COC(=O)C(CCCC)OC(=O)CNS(=O)(=O)CCCS(=O)(=O)I. The second-order valence-corrected chi connectivity index (χ2v) is 14.8. The Hall–Kier alpha value is -0.470. The van der Waals surface area contributed by atoms with Crippen molar-refractivity contribution in [2.75, 3.05) is 24.7 Å². The molecule has 0 spiro atoms. The van der Waals surface area contributed by atoms with Crippen molar-refractivity contribution < 1.29 is 35.9 Å². The molecule has 0 aliphatic carbocycles. The van der Waals surface area contributed by atoms with Crippen molar-refractivity contribution in [2.24, 2.45) is 5.92 Å². The van der Waals surface area contributed by atoms with E-state index >= 15 is 0 Å². The third kappa shape index (κ3) is 16.8. The van der Waals surface area contributed by atoms with Gasteiger partial charge in [0.1, 0.15) is 6.54 Å². The Morgan fingerprint density at radius 1 is 0.935 bits per heavy atom. The summed E-state index contributed by atoms with van der Waals surface area (Å²) in [6.45, 7) is 5.69. The molecular formula is C19H36INO8S2. The molecule has 1 N–H and O–H groups in total. The molecule has 0 radical (unpaired) electrons. The Morgan fingerprint density at radius 2 is 1.55 bits per heavy atom. The summed E-state index contributed by atoms with van der Waals surface area (Å²) in [4.78, 5) is 24.5. The highest BCUT2D eigenvalue weighted by Gasteiger charge is 2.25. The monoisotopic (exact) mass is 597 g/mol. The number of nitrogens with one attached hydrogen (secondary N) is 1. The van der Waals surface area contributed by atoms with Crippen LogP contribution in [0.15, 0.2) is 0 Å². The first-order valence-corrected chi connectivity index (χ1v) is 16.5. The molecule has 9 nitrogen and oxygen atoms in total. The summed E-state index contributed by atoms with van der Waals surface area (Å²) in [6, 6.07) is 0. The quantitative estimate of drug-likeness (QED) is 0.145. The zero-order valence-electron chi connectivity index (χ0n) is 18.6. The Balaban J connectivity index is 4.67. The Kier molecular flexibility index (Phi) is 15.9. The molecule has 0 aliphatic heterocycles. The molecule has 0 heterocycles. The number of hydrogen-bond acceptors (Lipinski definition) is 8. The summed E-state index contributed by atoms with van der Waals surface area (Å²) in [5, 5.41) is 0. The van der Waals surface area contributed by atoms with Crippen LogP contribution in [0.25, 0.3) is 0 Å². The predicted octanol–water partition coefficient (Wildman–Crippen LogP) is 2.92. The topological polar surface area (TPSA) is 133 Å². The minimum atomic E-state index is -3.84. The summed E-state index contributed by atoms with van der Waals surface area (Å²) in [5.41, 5.74) is 0. The minimum Gasteiger partial charge on any atom is -0.463 e. The lowest BCUT2D eigenvalue weighted by Gasteiger charge is -2.19. The van der Waals surface area contributed by atoms with E-state index in [1.165, 1.54) is 21.2 Å². The van der Waals surface area contributed by atoms with E-state index in [1.807, 2.05) is 13.8 Å². The van der Waals surface area contributed by atoms with Gasteiger partial charge in [-0.05, 0) is 31.6 Å². The van der Waals surface area contributed by atoms with Crippen LogP contribution < -0.4 is 4.72 Å². The van der Waals surface area contributed by atoms with Gasteiger partial charge in [-0.15, -0.1) is 0 Å². The summed E-state index contributed by atoms with van der Waals surface area (Å²) in [7, 11) is -7.14. The number of sulfonamides is 1. The second-order valence-electron chi connectivity index (χ2n) is 7.40. The van der Waals surface area contributed by atoms with Crippen molar-refractivity contribution >= 4 is 50.2 Å². The largest absolute Gasteiger partial charge is 0.463 e. The van der Waals surface area contributed by atoms with Crippen LogP contribution in [0.3, 0.4) is 0 Å². The number of esters is 2. The van der Waals surface area contributed by atoms with Crippen LogP contribution in [-0.4, -0.2) is 59.5 Å². The van der Waals surface area contributed by atoms with E-state index in [-0.39, 0.29) is 24.7 Å². The first-order valence-electron chi connectivity index (χ1n) is 10.7. The Bertz CT molecular complexity index is 740. The Labute approximate surface area is 199 Å². The lowest BCUT2D eigenvalue weighted by molar-refractivity contribution is -0.168. The smallest absolute Gasteiger partial charge is 0.347 e. The average molecular weight is 598 g/mol. The lowest BCUT2D eigenvalue weighted by atomic mass is 10.0. The van der Waals surface area contributed by atoms with Gasteiger partial charge in [0.2, 0.25) is 17.0 Å². The molecule has 0 aromatic carbocycles. The van der Waals surface area contributed by atoms with Gasteiger partial charge in [0.25, 0.3) is 0 Å². The van der Waals surface area contributed by atoms with Gasteiger partial charge in [-0.1, -0.05) is 46.5 Å². The molecule has 0 aliphatic rings. The minimum absolute atomic E-state index is 0.0856. The summed E-state index contributed by atoms with van der Waals surface area (Å²) in [5.74, 6) is -1.96. The van der Waals surface area contributed by atoms with Crippen molar-refractivity contribution in [1.82, 2.24) is 4.72 Å². The van der Waals surface area contributed by atoms with Crippen molar-refractivity contribution in [2.45, 2.75) is 78.2 Å². The number of unbranched alkanes of at least 4 members (excludes halogenated alkanes) is 2. The fourth-order valence-corrected chi connectivity index (χ4v) is 5.28. The highest BCUT2D eigenvalue weighted by atomic mass is 127. The molecule has 0 aromatic rings. The van der Waals surface area contributed by atoms with E-state index in [1.54, 1.807) is 0 Å². The van der Waals surface area contributed by atoms with Gasteiger partial charge in [0, 0.05) is 0 Å². The van der Waals surface area contributed by atoms with Crippen molar-refractivity contribution in [3.8, 4) is 0 Å². The number of carbonyl (C=O) groups is 2. The van der Waals surface area contributed by atoms with E-state index < -0.39 is 47.4 Å². The first kappa shape index (κ1) is 30.5. The van der Waals surface area contributed by atoms with Crippen LogP contribution in [-0.2, 0) is 36.1 Å². The highest BCUT2D eigenvalue weighted by Crippen LogP contribution is 2.15. The van der Waals surface area contributed by atoms with Gasteiger partial charge < -0.3 is 9.47 Å². The first-order chi connectivity index (χ1) is 14.4. The molecule has 0 rings (SSSR count). The summed E-state index contributed by atoms with van der Waals surface area (Å²) in [6.07, 6.45) is 4.53. The second kappa shape index (κ2) is 16.2. The van der Waals surface area contributed by atoms with Crippen molar-refractivity contribution in [1.29, 1.82) is 0 Å². The third-order valence-corrected chi connectivity index (χ3v) is 8.11. The van der Waals surface area contributed by atoms with E-state index in [0.717, 1.165) is 32.1 Å². The van der Waals surface area contributed by atoms with Gasteiger partial charge in [0.05, 0.1) is 39.3 Å². The van der Waals surface area contributed by atoms with Gasteiger partial charge in [-0.3, -0.25) is 4.79 Å². The molecule has 2 atom stereocenters. The molecule has 2 unspecified atom stereocenters. The molecular weight excluding hydrogens is 561 g/mol. The predicted molar refractivity (Wildman–Crippen MR) is 128 cm³/mol. The molecule has 0 fully saturated rings. The molecule has 184 valence electrons. The average Bonchev–Trinajstić information content (AvgIpc) is 2.68. The number of hydrogen-bond donors (Lipinski definition) is 1. The Morgan fingerprint density at radius 3 is 2.10 bits per heavy atom. The lowest BCUT2D eigenvalue weighted by Crippen LogP contribution is -2.37. The highest BCUT2D eigenvalue weighted by molar-refractivity contribution is 14.2. The van der Waals surface area contributed by atoms with Crippen LogP contribution in [0.4, 0.5) is 0 Å². The van der Waals surface area contributed by atoms with Crippen molar-refractivity contribution in [3.05, 3.63) is 0 Å². The van der Waals surface area contributed by atoms with E-state index in [2.05, 4.69) is 11.6 Å². The maximum absolute atomic E-state index is 12.4. The fourth-order valence-electron chi connectivity index (χ4n) is 2.67. The summed E-state index contributed by atoms with van der Waals surface area (Å²) < 4.78 is 58.6. The van der Waals surface area contributed by atoms with E-state index in [9.17, 15) is 26.4 Å². The maximum atomic E-state index is 12.4. The number of rotatable bonds is 18. The van der Waals surface area contributed by atoms with Gasteiger partial charge in [0.15, 0.2) is 6.10 Å². The van der Waals surface area contributed by atoms with Crippen LogP contribution in [0.1, 0.15) is 72.1 Å². The molecule has 0 bridgehead atoms. The maximum Gasteiger partial charge on any atom is 0.347 e. The fraction of sp³-hybridized carbons (Fsp3) is 0.895. The van der Waals surface area contributed by atoms with Gasteiger partial charge in [-0.2, -0.15) is 0 Å². The van der Waals surface area contributed by atoms with Crippen LogP contribution in [0.2, 0.25) is 0 Å². The zero-order chi connectivity index (χ0) is 23.9. The number of carbonyl (C=O) groups excluding carboxylic acids is 2. The van der Waals surface area contributed by atoms with Crippen molar-refractivity contribution in [3.63, 3.8) is 0 Å². The molecule has 0 amide bonds. The van der Waals surface area contributed by atoms with Gasteiger partial charge >= 0.3 is 11.9 Å². The number of ether oxygens (including phenoxy) is 2. The number of halogens is 1. The zero-order valence-corrected chi connectivity index (χ0v) is 22.4. The van der Waals surface area contributed by atoms with Gasteiger partial charge in [-0.25, -0.2) is 26.4 Å². The molecule has 0 aromatic heterocycles. The standard InChI is InChI=1S/C19H36INO8S2/c1-4-7-10-16(6-3)15-28-19(23)17(11-8-5-2)29-18(22)14-21-31(26,27)13-9-12-30(20,24)25/h16-17,21H,4-15H2,1-3H3. The van der Waals surface area contributed by atoms with Crippen LogP contribution >= 0.6 is 21.2 Å². The molecule has 31 heavy (non-hydrogen) atoms. The summed E-state index contributed by atoms with van der Waals surface area (Å²) >= 11 is 1.25. The molecule has 12 heteroatoms. The molecule has 0 saturated carbocycles. The van der Waals surface area contributed by atoms with Crippen LogP contribution in [0.5, 0.6) is 0 Å². The van der Waals surface area contributed by atoms with E-state index in [0.29, 0.717) is 12.8 Å². The van der Waals surface area contributed by atoms with E-state index in [4.69, 9.17) is 9.47 Å².